The van der Waals surface area contributed by atoms with Crippen molar-refractivity contribution in [2.45, 2.75) is 25.4 Å². The molecule has 1 atom stereocenters. The van der Waals surface area contributed by atoms with Crippen LogP contribution in [0.15, 0.2) is 12.5 Å². The van der Waals surface area contributed by atoms with E-state index in [1.807, 2.05) is 20.9 Å². The highest BCUT2D eigenvalue weighted by atomic mass is 16.5. The van der Waals surface area contributed by atoms with Crippen molar-refractivity contribution in [3.8, 4) is 0 Å². The molecule has 0 aliphatic carbocycles. The molecule has 15 heavy (non-hydrogen) atoms. The van der Waals surface area contributed by atoms with Gasteiger partial charge in [-0.15, -0.1) is 0 Å². The molecule has 1 aromatic rings. The molecule has 0 amide bonds. The summed E-state index contributed by atoms with van der Waals surface area (Å²) in [5.41, 5.74) is 0.211. The molecule has 0 aromatic carbocycles. The fourth-order valence-electron chi connectivity index (χ4n) is 1.82. The van der Waals surface area contributed by atoms with Crippen LogP contribution in [0.2, 0.25) is 0 Å². The van der Waals surface area contributed by atoms with Crippen LogP contribution in [0.25, 0.3) is 0 Å². The van der Waals surface area contributed by atoms with Crippen LogP contribution in [0, 0.1) is 0 Å². The van der Waals surface area contributed by atoms with Gasteiger partial charge in [-0.05, 0) is 0 Å². The number of carbonyl (C=O) groups is 1. The SMILES string of the molecule is COC(C(=O)O)C(C)(C)c1cncn1C. The van der Waals surface area contributed by atoms with E-state index in [0.717, 1.165) is 5.69 Å². The second-order valence-electron chi connectivity index (χ2n) is 4.07. The fraction of sp³-hybridized carbons (Fsp3) is 0.600. The summed E-state index contributed by atoms with van der Waals surface area (Å²) in [5, 5.41) is 9.04. The summed E-state index contributed by atoms with van der Waals surface area (Å²) in [4.78, 5) is 15.0. The molecule has 5 heteroatoms. The molecular weight excluding hydrogens is 196 g/mol. The molecule has 0 saturated heterocycles. The predicted octanol–water partition coefficient (Wildman–Crippen LogP) is 0.797. The number of hydrogen-bond donors (Lipinski definition) is 1. The molecule has 0 radical (unpaired) electrons. The predicted molar refractivity (Wildman–Crippen MR) is 54.7 cm³/mol. The molecule has 0 aliphatic heterocycles. The van der Waals surface area contributed by atoms with Crippen LogP contribution in [0.1, 0.15) is 19.5 Å². The van der Waals surface area contributed by atoms with Crippen LogP contribution < -0.4 is 0 Å². The number of nitrogens with zero attached hydrogens (tertiary/aromatic N) is 2. The van der Waals surface area contributed by atoms with E-state index in [1.54, 1.807) is 17.1 Å². The molecular formula is C10H16N2O3. The largest absolute Gasteiger partial charge is 0.479 e. The van der Waals surface area contributed by atoms with Crippen molar-refractivity contribution in [2.24, 2.45) is 7.05 Å². The van der Waals surface area contributed by atoms with Gasteiger partial charge in [-0.1, -0.05) is 13.8 Å². The van der Waals surface area contributed by atoms with E-state index >= 15 is 0 Å². The minimum absolute atomic E-state index is 0.619. The van der Waals surface area contributed by atoms with E-state index in [0.29, 0.717) is 0 Å². The Morgan fingerprint density at radius 3 is 2.60 bits per heavy atom. The molecule has 0 fully saturated rings. The van der Waals surface area contributed by atoms with Gasteiger partial charge < -0.3 is 14.4 Å². The third kappa shape index (κ3) is 2.02. The first kappa shape index (κ1) is 11.7. The summed E-state index contributed by atoms with van der Waals surface area (Å²) in [6.07, 6.45) is 2.42. The van der Waals surface area contributed by atoms with E-state index in [2.05, 4.69) is 4.98 Å². The van der Waals surface area contributed by atoms with Crippen LogP contribution in [0.5, 0.6) is 0 Å². The topological polar surface area (TPSA) is 64.3 Å². The van der Waals surface area contributed by atoms with E-state index in [-0.39, 0.29) is 0 Å². The second kappa shape index (κ2) is 4.02. The van der Waals surface area contributed by atoms with Crippen molar-refractivity contribution in [2.75, 3.05) is 7.11 Å². The molecule has 1 N–H and O–H groups in total. The van der Waals surface area contributed by atoms with Gasteiger partial charge in [0.2, 0.25) is 0 Å². The molecule has 0 saturated carbocycles. The zero-order valence-electron chi connectivity index (χ0n) is 9.39. The third-order valence-electron chi connectivity index (χ3n) is 2.59. The van der Waals surface area contributed by atoms with Crippen LogP contribution in [0.4, 0.5) is 0 Å². The van der Waals surface area contributed by atoms with E-state index in [9.17, 15) is 4.79 Å². The Balaban J connectivity index is 3.11. The van der Waals surface area contributed by atoms with Crippen molar-refractivity contribution < 1.29 is 14.6 Å². The van der Waals surface area contributed by atoms with E-state index in [1.165, 1.54) is 7.11 Å². The maximum Gasteiger partial charge on any atom is 0.333 e. The van der Waals surface area contributed by atoms with Gasteiger partial charge in [-0.3, -0.25) is 0 Å². The molecule has 5 nitrogen and oxygen atoms in total. The summed E-state index contributed by atoms with van der Waals surface area (Å²) in [6.45, 7) is 3.65. The average molecular weight is 212 g/mol. The van der Waals surface area contributed by atoms with Crippen LogP contribution in [-0.4, -0.2) is 33.8 Å². The van der Waals surface area contributed by atoms with Gasteiger partial charge in [0.15, 0.2) is 6.10 Å². The number of carboxylic acids is 1. The number of hydrogen-bond acceptors (Lipinski definition) is 3. The van der Waals surface area contributed by atoms with Gasteiger partial charge in [0.25, 0.3) is 0 Å². The van der Waals surface area contributed by atoms with E-state index in [4.69, 9.17) is 9.84 Å². The lowest BCUT2D eigenvalue weighted by atomic mass is 9.83. The van der Waals surface area contributed by atoms with Gasteiger partial charge in [-0.2, -0.15) is 0 Å². The summed E-state index contributed by atoms with van der Waals surface area (Å²) in [5.74, 6) is -0.969. The van der Waals surface area contributed by atoms with Gasteiger partial charge in [0.1, 0.15) is 0 Å². The van der Waals surface area contributed by atoms with Crippen molar-refractivity contribution in [1.82, 2.24) is 9.55 Å². The van der Waals surface area contributed by atoms with Crippen molar-refractivity contribution in [3.05, 3.63) is 18.2 Å². The maximum atomic E-state index is 11.0. The second-order valence-corrected chi connectivity index (χ2v) is 4.07. The summed E-state index contributed by atoms with van der Waals surface area (Å²) < 4.78 is 6.82. The van der Waals surface area contributed by atoms with E-state index < -0.39 is 17.5 Å². The zero-order chi connectivity index (χ0) is 11.6. The first-order valence-electron chi connectivity index (χ1n) is 4.63. The Labute approximate surface area is 88.7 Å². The minimum Gasteiger partial charge on any atom is -0.479 e. The lowest BCUT2D eigenvalue weighted by molar-refractivity contribution is -0.152. The Bertz CT molecular complexity index is 357. The Morgan fingerprint density at radius 1 is 1.67 bits per heavy atom. The number of aliphatic carboxylic acids is 1. The summed E-state index contributed by atoms with van der Waals surface area (Å²) in [6, 6.07) is 0. The first-order valence-corrected chi connectivity index (χ1v) is 4.63. The summed E-state index contributed by atoms with van der Waals surface area (Å²) in [7, 11) is 3.23. The van der Waals surface area contributed by atoms with Crippen molar-refractivity contribution >= 4 is 5.97 Å². The van der Waals surface area contributed by atoms with Crippen LogP contribution >= 0.6 is 0 Å². The van der Waals surface area contributed by atoms with Crippen LogP contribution in [0.3, 0.4) is 0 Å². The average Bonchev–Trinajstić information content (AvgIpc) is 2.51. The molecule has 1 heterocycles. The number of aromatic nitrogens is 2. The Morgan fingerprint density at radius 2 is 2.27 bits per heavy atom. The number of ether oxygens (including phenoxy) is 1. The number of carboxylic acid groups (broad SMARTS) is 1. The molecule has 0 bridgehead atoms. The standard InChI is InChI=1S/C10H16N2O3/c1-10(2,8(15-4)9(13)14)7-5-11-6-12(7)3/h5-6,8H,1-4H3,(H,13,14). The lowest BCUT2D eigenvalue weighted by Gasteiger charge is -2.30. The van der Waals surface area contributed by atoms with Gasteiger partial charge >= 0.3 is 5.97 Å². The number of rotatable bonds is 4. The normalized spacial score (nSPS) is 13.9. The highest BCUT2D eigenvalue weighted by Crippen LogP contribution is 2.28. The van der Waals surface area contributed by atoms with Gasteiger partial charge in [-0.25, -0.2) is 9.78 Å². The highest BCUT2D eigenvalue weighted by Gasteiger charge is 2.38. The Kier molecular flexibility index (Phi) is 3.14. The van der Waals surface area contributed by atoms with Crippen molar-refractivity contribution in [1.29, 1.82) is 0 Å². The number of methoxy groups -OCH3 is 1. The molecule has 1 aromatic heterocycles. The molecule has 0 aliphatic rings. The monoisotopic (exact) mass is 212 g/mol. The molecule has 1 rings (SSSR count). The minimum atomic E-state index is -0.969. The van der Waals surface area contributed by atoms with Crippen molar-refractivity contribution in [3.63, 3.8) is 0 Å². The van der Waals surface area contributed by atoms with Crippen LogP contribution in [-0.2, 0) is 22.0 Å². The quantitative estimate of drug-likeness (QED) is 0.801. The number of aryl methyl sites for hydroxylation is 1. The summed E-state index contributed by atoms with van der Waals surface area (Å²) >= 11 is 0. The zero-order valence-corrected chi connectivity index (χ0v) is 9.39. The number of imidazole rings is 1. The molecule has 1 unspecified atom stereocenters. The highest BCUT2D eigenvalue weighted by molar-refractivity contribution is 5.74. The third-order valence-corrected chi connectivity index (χ3v) is 2.59. The van der Waals surface area contributed by atoms with Gasteiger partial charge in [0, 0.05) is 31.5 Å². The smallest absolute Gasteiger partial charge is 0.333 e. The molecule has 0 spiro atoms. The first-order chi connectivity index (χ1) is 6.91. The molecule has 84 valence electrons. The maximum absolute atomic E-state index is 11.0. The fourth-order valence-corrected chi connectivity index (χ4v) is 1.82. The van der Waals surface area contributed by atoms with Gasteiger partial charge in [0.05, 0.1) is 6.33 Å². The Hall–Kier alpha value is -1.36. The lowest BCUT2D eigenvalue weighted by Crippen LogP contribution is -2.42.